The molecule has 4 rings (SSSR count). The molecule has 148 valence electrons. The van der Waals surface area contributed by atoms with E-state index in [1.165, 1.54) is 6.33 Å². The summed E-state index contributed by atoms with van der Waals surface area (Å²) in [5.74, 6) is -0.0520. The summed E-state index contributed by atoms with van der Waals surface area (Å²) in [6.45, 7) is 4.74. The van der Waals surface area contributed by atoms with Gasteiger partial charge in [-0.05, 0) is 31.4 Å². The highest BCUT2D eigenvalue weighted by atomic mass is 19.1. The number of carbonyl (C=O) groups excluding carboxylic acids is 1. The molecule has 2 aromatic rings. The summed E-state index contributed by atoms with van der Waals surface area (Å²) in [7, 11) is 0. The van der Waals surface area contributed by atoms with Crippen molar-refractivity contribution in [1.29, 1.82) is 0 Å². The van der Waals surface area contributed by atoms with E-state index < -0.39 is 0 Å². The number of anilines is 1. The van der Waals surface area contributed by atoms with Crippen LogP contribution in [0.2, 0.25) is 0 Å². The number of pyridine rings is 1. The van der Waals surface area contributed by atoms with Crippen molar-refractivity contribution in [3.8, 4) is 0 Å². The number of ether oxygens (including phenoxy) is 1. The summed E-state index contributed by atoms with van der Waals surface area (Å²) in [4.78, 5) is 28.7. The molecular weight excluding hydrogens is 361 g/mol. The molecule has 0 radical (unpaired) electrons. The van der Waals surface area contributed by atoms with Gasteiger partial charge in [-0.3, -0.25) is 9.78 Å². The standard InChI is InChI=1S/C20H24FN5O2/c1-2-15-17(21)18(24-14-23-15)26-11-12-28-20(13-26)6-9-25(10-7-20)19(27)16-5-3-4-8-22-16/h3-5,8,14H,2,6-7,9-13H2,1H3. The number of likely N-dealkylation sites (tertiary alicyclic amines) is 1. The van der Waals surface area contributed by atoms with Crippen molar-refractivity contribution in [2.75, 3.05) is 37.7 Å². The van der Waals surface area contributed by atoms with Gasteiger partial charge in [0.15, 0.2) is 11.6 Å². The molecule has 2 saturated heterocycles. The summed E-state index contributed by atoms with van der Waals surface area (Å²) in [6, 6.07) is 5.34. The summed E-state index contributed by atoms with van der Waals surface area (Å²) >= 11 is 0. The maximum atomic E-state index is 14.7. The fourth-order valence-electron chi connectivity index (χ4n) is 3.96. The molecule has 0 saturated carbocycles. The molecule has 8 heteroatoms. The SMILES string of the molecule is CCc1ncnc(N2CCOC3(CCN(C(=O)c4ccccn4)CC3)C2)c1F. The van der Waals surface area contributed by atoms with Crippen molar-refractivity contribution < 1.29 is 13.9 Å². The van der Waals surface area contributed by atoms with Gasteiger partial charge in [-0.25, -0.2) is 14.4 Å². The van der Waals surface area contributed by atoms with E-state index in [0.29, 0.717) is 69.3 Å². The van der Waals surface area contributed by atoms with E-state index in [0.717, 1.165) is 0 Å². The van der Waals surface area contributed by atoms with E-state index in [1.54, 1.807) is 18.3 Å². The Morgan fingerprint density at radius 3 is 2.75 bits per heavy atom. The molecule has 0 aromatic carbocycles. The molecule has 0 atom stereocenters. The second kappa shape index (κ2) is 7.79. The number of nitrogens with zero attached hydrogens (tertiary/aromatic N) is 5. The second-order valence-electron chi connectivity index (χ2n) is 7.27. The molecule has 0 aliphatic carbocycles. The highest BCUT2D eigenvalue weighted by Gasteiger charge is 2.41. The minimum Gasteiger partial charge on any atom is -0.371 e. The highest BCUT2D eigenvalue weighted by Crippen LogP contribution is 2.33. The van der Waals surface area contributed by atoms with Crippen LogP contribution in [0, 0.1) is 5.82 Å². The zero-order chi connectivity index (χ0) is 19.6. The van der Waals surface area contributed by atoms with E-state index in [-0.39, 0.29) is 17.3 Å². The van der Waals surface area contributed by atoms with Gasteiger partial charge in [0.2, 0.25) is 0 Å². The number of piperidine rings is 1. The van der Waals surface area contributed by atoms with E-state index in [2.05, 4.69) is 15.0 Å². The van der Waals surface area contributed by atoms with Crippen molar-refractivity contribution in [2.24, 2.45) is 0 Å². The summed E-state index contributed by atoms with van der Waals surface area (Å²) in [5.41, 5.74) is 0.504. The lowest BCUT2D eigenvalue weighted by Gasteiger charge is -2.47. The average Bonchev–Trinajstić information content (AvgIpc) is 2.75. The number of aromatic nitrogens is 3. The third-order valence-electron chi connectivity index (χ3n) is 5.57. The lowest BCUT2D eigenvalue weighted by molar-refractivity contribution is -0.0871. The second-order valence-corrected chi connectivity index (χ2v) is 7.27. The molecule has 2 aliphatic rings. The van der Waals surface area contributed by atoms with E-state index >= 15 is 0 Å². The molecular formula is C20H24FN5O2. The Labute approximate surface area is 163 Å². The van der Waals surface area contributed by atoms with Gasteiger partial charge in [0.1, 0.15) is 12.0 Å². The number of hydrogen-bond donors (Lipinski definition) is 0. The Bertz CT molecular complexity index is 840. The molecule has 0 unspecified atom stereocenters. The minimum atomic E-state index is -0.386. The Morgan fingerprint density at radius 2 is 2.04 bits per heavy atom. The fraction of sp³-hybridized carbons (Fsp3) is 0.500. The van der Waals surface area contributed by atoms with Crippen molar-refractivity contribution in [3.63, 3.8) is 0 Å². The number of aryl methyl sites for hydroxylation is 1. The first kappa shape index (κ1) is 18.7. The van der Waals surface area contributed by atoms with E-state index in [4.69, 9.17) is 4.74 Å². The molecule has 0 N–H and O–H groups in total. The van der Waals surface area contributed by atoms with Crippen LogP contribution in [-0.4, -0.2) is 64.1 Å². The predicted molar refractivity (Wildman–Crippen MR) is 102 cm³/mol. The number of rotatable bonds is 3. The molecule has 2 aliphatic heterocycles. The van der Waals surface area contributed by atoms with Crippen LogP contribution < -0.4 is 4.90 Å². The fourth-order valence-corrected chi connectivity index (χ4v) is 3.96. The van der Waals surface area contributed by atoms with Crippen LogP contribution in [0.5, 0.6) is 0 Å². The summed E-state index contributed by atoms with van der Waals surface area (Å²) < 4.78 is 20.8. The average molecular weight is 385 g/mol. The number of carbonyl (C=O) groups is 1. The summed E-state index contributed by atoms with van der Waals surface area (Å²) in [6.07, 6.45) is 4.99. The van der Waals surface area contributed by atoms with Crippen molar-refractivity contribution in [1.82, 2.24) is 19.9 Å². The van der Waals surface area contributed by atoms with Crippen LogP contribution in [0.15, 0.2) is 30.7 Å². The maximum Gasteiger partial charge on any atom is 0.272 e. The molecule has 2 aromatic heterocycles. The number of amides is 1. The molecule has 7 nitrogen and oxygen atoms in total. The Hall–Kier alpha value is -2.61. The monoisotopic (exact) mass is 385 g/mol. The van der Waals surface area contributed by atoms with Crippen LogP contribution in [0.3, 0.4) is 0 Å². The smallest absolute Gasteiger partial charge is 0.272 e. The predicted octanol–water partition coefficient (Wildman–Crippen LogP) is 2.08. The van der Waals surface area contributed by atoms with Gasteiger partial charge in [0, 0.05) is 32.4 Å². The molecule has 1 amide bonds. The third kappa shape index (κ3) is 3.56. The van der Waals surface area contributed by atoms with Gasteiger partial charge in [0.05, 0.1) is 17.9 Å². The Morgan fingerprint density at radius 1 is 1.21 bits per heavy atom. The third-order valence-corrected chi connectivity index (χ3v) is 5.57. The molecule has 0 bridgehead atoms. The van der Waals surface area contributed by atoms with E-state index in [9.17, 15) is 9.18 Å². The quantitative estimate of drug-likeness (QED) is 0.806. The normalized spacial score (nSPS) is 19.1. The van der Waals surface area contributed by atoms with Gasteiger partial charge < -0.3 is 14.5 Å². The van der Waals surface area contributed by atoms with Crippen molar-refractivity contribution in [3.05, 3.63) is 47.9 Å². The lowest BCUT2D eigenvalue weighted by Crippen LogP contribution is -2.58. The molecule has 28 heavy (non-hydrogen) atoms. The van der Waals surface area contributed by atoms with Crippen LogP contribution in [0.1, 0.15) is 35.9 Å². The van der Waals surface area contributed by atoms with E-state index in [1.807, 2.05) is 22.8 Å². The highest BCUT2D eigenvalue weighted by molar-refractivity contribution is 5.92. The van der Waals surface area contributed by atoms with Crippen LogP contribution >= 0.6 is 0 Å². The van der Waals surface area contributed by atoms with Gasteiger partial charge >= 0.3 is 0 Å². The van der Waals surface area contributed by atoms with Crippen LogP contribution in [0.25, 0.3) is 0 Å². The largest absolute Gasteiger partial charge is 0.371 e. The van der Waals surface area contributed by atoms with Crippen LogP contribution in [0.4, 0.5) is 10.2 Å². The molecule has 1 spiro atoms. The maximum absolute atomic E-state index is 14.7. The zero-order valence-electron chi connectivity index (χ0n) is 16.0. The van der Waals surface area contributed by atoms with Crippen molar-refractivity contribution >= 4 is 11.7 Å². The lowest BCUT2D eigenvalue weighted by atomic mass is 9.89. The van der Waals surface area contributed by atoms with Crippen molar-refractivity contribution in [2.45, 2.75) is 31.8 Å². The van der Waals surface area contributed by atoms with Crippen LogP contribution in [-0.2, 0) is 11.2 Å². The summed E-state index contributed by atoms with van der Waals surface area (Å²) in [5, 5.41) is 0. The number of halogens is 1. The Kier molecular flexibility index (Phi) is 5.21. The molecule has 4 heterocycles. The minimum absolute atomic E-state index is 0.0578. The van der Waals surface area contributed by atoms with Gasteiger partial charge in [-0.2, -0.15) is 0 Å². The molecule has 2 fully saturated rings. The Balaban J connectivity index is 1.45. The zero-order valence-corrected chi connectivity index (χ0v) is 16.0. The topological polar surface area (TPSA) is 71.5 Å². The first-order valence-electron chi connectivity index (χ1n) is 9.70. The first-order valence-corrected chi connectivity index (χ1v) is 9.70. The van der Waals surface area contributed by atoms with Gasteiger partial charge in [-0.1, -0.05) is 13.0 Å². The van der Waals surface area contributed by atoms with Gasteiger partial charge in [-0.15, -0.1) is 0 Å². The van der Waals surface area contributed by atoms with Gasteiger partial charge in [0.25, 0.3) is 5.91 Å². The number of morpholine rings is 1. The first-order chi connectivity index (χ1) is 13.6. The number of hydrogen-bond acceptors (Lipinski definition) is 6.